The van der Waals surface area contributed by atoms with E-state index in [0.29, 0.717) is 23.5 Å². The number of likely N-dealkylation sites (tertiary alicyclic amines) is 1. The van der Waals surface area contributed by atoms with Crippen molar-refractivity contribution < 1.29 is 24.2 Å². The fourth-order valence-corrected chi connectivity index (χ4v) is 8.09. The van der Waals surface area contributed by atoms with Crippen LogP contribution >= 0.6 is 11.8 Å². The van der Waals surface area contributed by atoms with Gasteiger partial charge in [-0.05, 0) is 56.2 Å². The molecule has 6 atom stereocenters. The molecular formula is C26H29N3O5S. The number of para-hydroxylation sites is 1. The van der Waals surface area contributed by atoms with Crippen LogP contribution in [0.2, 0.25) is 0 Å². The Morgan fingerprint density at radius 2 is 1.77 bits per heavy atom. The van der Waals surface area contributed by atoms with Crippen molar-refractivity contribution in [2.75, 3.05) is 24.4 Å². The zero-order chi connectivity index (χ0) is 24.7. The van der Waals surface area contributed by atoms with Gasteiger partial charge in [0.25, 0.3) is 0 Å². The van der Waals surface area contributed by atoms with Gasteiger partial charge in [0.1, 0.15) is 11.8 Å². The number of ether oxygens (including phenoxy) is 1. The molecule has 2 unspecified atom stereocenters. The molecule has 3 heterocycles. The number of methoxy groups -OCH3 is 1. The zero-order valence-electron chi connectivity index (χ0n) is 19.6. The predicted octanol–water partition coefficient (Wildman–Crippen LogP) is 2.74. The predicted molar refractivity (Wildman–Crippen MR) is 134 cm³/mol. The second-order valence-electron chi connectivity index (χ2n) is 9.41. The van der Waals surface area contributed by atoms with Gasteiger partial charge in [-0.1, -0.05) is 18.2 Å². The van der Waals surface area contributed by atoms with Gasteiger partial charge in [0.2, 0.25) is 17.7 Å². The Bertz CT molecular complexity index is 1130. The van der Waals surface area contributed by atoms with Gasteiger partial charge in [-0.2, -0.15) is 0 Å². The fraction of sp³-hybridized carbons (Fsp3) is 0.423. The molecule has 8 nitrogen and oxygen atoms in total. The smallest absolute Gasteiger partial charge is 0.248 e. The summed E-state index contributed by atoms with van der Waals surface area (Å²) < 4.78 is 4.48. The van der Waals surface area contributed by atoms with E-state index in [-0.39, 0.29) is 29.6 Å². The van der Waals surface area contributed by atoms with Crippen LogP contribution < -0.4 is 15.4 Å². The molecule has 0 radical (unpaired) electrons. The van der Waals surface area contributed by atoms with Crippen molar-refractivity contribution in [1.29, 1.82) is 0 Å². The van der Waals surface area contributed by atoms with Gasteiger partial charge in [-0.15, -0.1) is 11.8 Å². The average molecular weight is 496 g/mol. The fourth-order valence-electron chi connectivity index (χ4n) is 5.89. The molecule has 3 saturated heterocycles. The van der Waals surface area contributed by atoms with Gasteiger partial charge in [0.15, 0.2) is 0 Å². The van der Waals surface area contributed by atoms with E-state index in [4.69, 9.17) is 4.74 Å². The topological polar surface area (TPSA) is 108 Å². The summed E-state index contributed by atoms with van der Waals surface area (Å²) in [5.74, 6) is -1.20. The third-order valence-electron chi connectivity index (χ3n) is 7.43. The molecule has 3 fully saturated rings. The molecule has 0 aliphatic carbocycles. The number of hydrogen-bond acceptors (Lipinski definition) is 6. The number of aliphatic hydroxyl groups is 1. The van der Waals surface area contributed by atoms with Crippen molar-refractivity contribution in [3.8, 4) is 5.75 Å². The summed E-state index contributed by atoms with van der Waals surface area (Å²) in [4.78, 5) is 42.4. The summed E-state index contributed by atoms with van der Waals surface area (Å²) in [7, 11) is 1.57. The molecule has 3 aliphatic heterocycles. The lowest BCUT2D eigenvalue weighted by molar-refractivity contribution is -0.140. The van der Waals surface area contributed by atoms with E-state index in [1.54, 1.807) is 50.1 Å². The van der Waals surface area contributed by atoms with Gasteiger partial charge in [0.05, 0.1) is 36.3 Å². The number of thioether (sulfide) groups is 1. The molecule has 2 aromatic carbocycles. The number of nitrogens with one attached hydrogen (secondary N) is 2. The molecule has 3 aliphatic rings. The highest BCUT2D eigenvalue weighted by Gasteiger charge is 2.74. The maximum Gasteiger partial charge on any atom is 0.248 e. The zero-order valence-corrected chi connectivity index (χ0v) is 20.5. The van der Waals surface area contributed by atoms with Crippen LogP contribution in [0.4, 0.5) is 11.4 Å². The van der Waals surface area contributed by atoms with Crippen molar-refractivity contribution in [1.82, 2.24) is 4.90 Å². The van der Waals surface area contributed by atoms with Crippen LogP contribution in [0.1, 0.15) is 19.8 Å². The molecule has 35 heavy (non-hydrogen) atoms. The largest absolute Gasteiger partial charge is 0.497 e. The first-order chi connectivity index (χ1) is 16.9. The Morgan fingerprint density at radius 1 is 1.11 bits per heavy atom. The summed E-state index contributed by atoms with van der Waals surface area (Å²) in [6.45, 7) is 1.47. The molecule has 2 bridgehead atoms. The molecule has 0 aromatic heterocycles. The van der Waals surface area contributed by atoms with Gasteiger partial charge in [0, 0.05) is 16.6 Å². The number of anilines is 2. The summed E-state index contributed by atoms with van der Waals surface area (Å²) in [5.41, 5.74) is 1.27. The van der Waals surface area contributed by atoms with Crippen LogP contribution in [0.5, 0.6) is 5.75 Å². The molecular weight excluding hydrogens is 466 g/mol. The maximum atomic E-state index is 13.8. The average Bonchev–Trinajstić information content (AvgIpc) is 3.52. The Hall–Kier alpha value is -3.04. The van der Waals surface area contributed by atoms with Gasteiger partial charge in [-0.25, -0.2) is 0 Å². The first-order valence-corrected chi connectivity index (χ1v) is 12.7. The number of aliphatic hydroxyl groups excluding tert-OH is 1. The minimum Gasteiger partial charge on any atom is -0.497 e. The van der Waals surface area contributed by atoms with Gasteiger partial charge < -0.3 is 25.4 Å². The Balaban J connectivity index is 1.46. The Morgan fingerprint density at radius 3 is 2.43 bits per heavy atom. The summed E-state index contributed by atoms with van der Waals surface area (Å²) in [6, 6.07) is 14.9. The number of carbonyl (C=O) groups excluding carboxylic acids is 3. The molecule has 184 valence electrons. The molecule has 0 saturated carbocycles. The first kappa shape index (κ1) is 23.7. The van der Waals surface area contributed by atoms with Crippen molar-refractivity contribution in [2.24, 2.45) is 11.8 Å². The second-order valence-corrected chi connectivity index (χ2v) is 11.0. The Kier molecular flexibility index (Phi) is 6.23. The number of amides is 3. The minimum absolute atomic E-state index is 0.0319. The normalized spacial score (nSPS) is 29.6. The summed E-state index contributed by atoms with van der Waals surface area (Å²) in [5, 5.41) is 15.8. The summed E-state index contributed by atoms with van der Waals surface area (Å²) in [6.07, 6.45) is 1.43. The minimum atomic E-state index is -0.784. The van der Waals surface area contributed by atoms with E-state index >= 15 is 0 Å². The van der Waals surface area contributed by atoms with Crippen molar-refractivity contribution in [2.45, 2.75) is 41.8 Å². The second kappa shape index (κ2) is 9.20. The Labute approximate surface area is 208 Å². The lowest BCUT2D eigenvalue weighted by Gasteiger charge is -2.36. The van der Waals surface area contributed by atoms with Gasteiger partial charge >= 0.3 is 0 Å². The monoisotopic (exact) mass is 495 g/mol. The molecule has 1 spiro atoms. The molecule has 9 heteroatoms. The number of fused-ring (bicyclic) bond motifs is 1. The van der Waals surface area contributed by atoms with Crippen LogP contribution in [0, 0.1) is 11.8 Å². The van der Waals surface area contributed by atoms with E-state index in [9.17, 15) is 19.5 Å². The highest BCUT2D eigenvalue weighted by atomic mass is 32.2. The van der Waals surface area contributed by atoms with Crippen LogP contribution in [-0.2, 0) is 14.4 Å². The van der Waals surface area contributed by atoms with E-state index in [1.807, 2.05) is 30.3 Å². The first-order valence-electron chi connectivity index (χ1n) is 11.8. The summed E-state index contributed by atoms with van der Waals surface area (Å²) >= 11 is 1.60. The number of hydrogen-bond donors (Lipinski definition) is 3. The molecule has 3 N–H and O–H groups in total. The number of rotatable bonds is 7. The number of nitrogens with zero attached hydrogens (tertiary/aromatic N) is 1. The molecule has 3 amide bonds. The van der Waals surface area contributed by atoms with Crippen LogP contribution in [0.25, 0.3) is 0 Å². The molecule has 2 aromatic rings. The lowest BCUT2D eigenvalue weighted by Crippen LogP contribution is -2.54. The maximum absolute atomic E-state index is 13.8. The van der Waals surface area contributed by atoms with Crippen molar-refractivity contribution >= 4 is 40.9 Å². The van der Waals surface area contributed by atoms with Crippen LogP contribution in [0.15, 0.2) is 54.6 Å². The lowest BCUT2D eigenvalue weighted by atomic mass is 9.70. The standard InChI is InChI=1S/C26H29N3O5S/c1-15(14-30)29-22(24(32)28-17-8-10-18(34-2)11-9-17)26-13-12-19(35-26)20(21(26)25(29)33)23(31)27-16-6-4-3-5-7-16/h3-11,15,19-22,30H,12-14H2,1-2H3,(H,27,31)(H,28,32)/t15-,19+,20-,21+,22?,26?/m1/s1. The highest BCUT2D eigenvalue weighted by molar-refractivity contribution is 8.02. The van der Waals surface area contributed by atoms with Crippen LogP contribution in [0.3, 0.4) is 0 Å². The van der Waals surface area contributed by atoms with Gasteiger partial charge in [-0.3, -0.25) is 14.4 Å². The van der Waals surface area contributed by atoms with E-state index in [0.717, 1.165) is 6.42 Å². The van der Waals surface area contributed by atoms with E-state index in [2.05, 4.69) is 10.6 Å². The van der Waals surface area contributed by atoms with E-state index in [1.165, 1.54) is 4.90 Å². The number of carbonyl (C=O) groups is 3. The SMILES string of the molecule is COc1ccc(NC(=O)C2N([C@H](C)CO)C(=O)[C@@H]3[C@H](C(=O)Nc4ccccc4)[C@@H]4CCC23S4)cc1. The van der Waals surface area contributed by atoms with Crippen molar-refractivity contribution in [3.05, 3.63) is 54.6 Å². The quantitative estimate of drug-likeness (QED) is 0.545. The third kappa shape index (κ3) is 3.87. The van der Waals surface area contributed by atoms with E-state index < -0.39 is 28.7 Å². The van der Waals surface area contributed by atoms with Crippen LogP contribution in [-0.4, -0.2) is 63.5 Å². The van der Waals surface area contributed by atoms with Crippen molar-refractivity contribution in [3.63, 3.8) is 0 Å². The molecule has 5 rings (SSSR count). The highest BCUT2D eigenvalue weighted by Crippen LogP contribution is 2.66. The third-order valence-corrected chi connectivity index (χ3v) is 9.38. The number of benzene rings is 2.